The highest BCUT2D eigenvalue weighted by Gasteiger charge is 2.12. The number of benzene rings is 1. The largest absolute Gasteiger partial charge is 0.326 e. The fraction of sp³-hybridized carbons (Fsp3) is 0.200. The molecule has 2 rings (SSSR count). The van der Waals surface area contributed by atoms with Crippen molar-refractivity contribution in [3.05, 3.63) is 59.1 Å². The predicted molar refractivity (Wildman–Crippen MR) is 79.7 cm³/mol. The van der Waals surface area contributed by atoms with Crippen LogP contribution in [0, 0.1) is 5.82 Å². The van der Waals surface area contributed by atoms with Crippen molar-refractivity contribution in [3.8, 4) is 0 Å². The predicted octanol–water partition coefficient (Wildman–Crippen LogP) is 1.53. The zero-order chi connectivity index (χ0) is 15.2. The van der Waals surface area contributed by atoms with Gasteiger partial charge >= 0.3 is 0 Å². The average molecular weight is 309 g/mol. The van der Waals surface area contributed by atoms with Crippen molar-refractivity contribution in [2.45, 2.75) is 6.54 Å². The van der Waals surface area contributed by atoms with Crippen molar-refractivity contribution >= 4 is 23.2 Å². The number of hydrogen-bond acceptors (Lipinski definition) is 2. The van der Waals surface area contributed by atoms with E-state index in [1.54, 1.807) is 30.5 Å². The summed E-state index contributed by atoms with van der Waals surface area (Å²) in [5.41, 5.74) is 1.47. The van der Waals surface area contributed by atoms with Crippen LogP contribution >= 0.6 is 11.6 Å². The van der Waals surface area contributed by atoms with Gasteiger partial charge in [0.25, 0.3) is 5.91 Å². The number of halogens is 2. The molecule has 0 bridgehead atoms. The van der Waals surface area contributed by atoms with Crippen molar-refractivity contribution in [2.24, 2.45) is 0 Å². The highest BCUT2D eigenvalue weighted by atomic mass is 35.5. The van der Waals surface area contributed by atoms with E-state index in [4.69, 9.17) is 11.6 Å². The Labute approximate surface area is 127 Å². The van der Waals surface area contributed by atoms with E-state index in [1.807, 2.05) is 7.05 Å². The third-order valence-corrected chi connectivity index (χ3v) is 3.22. The Balaban J connectivity index is 1.87. The number of hydrogen-bond donors (Lipinski definition) is 2. The number of likely N-dealkylation sites (N-methyl/N-ethyl adjacent to an activating group) is 1. The van der Waals surface area contributed by atoms with Crippen LogP contribution in [-0.2, 0) is 11.3 Å². The highest BCUT2D eigenvalue weighted by molar-refractivity contribution is 6.32. The van der Waals surface area contributed by atoms with Gasteiger partial charge in [0.15, 0.2) is 11.7 Å². The quantitative estimate of drug-likeness (QED) is 0.823. The van der Waals surface area contributed by atoms with E-state index in [1.165, 1.54) is 12.1 Å². The van der Waals surface area contributed by atoms with Crippen LogP contribution in [0.25, 0.3) is 0 Å². The second-order valence-electron chi connectivity index (χ2n) is 4.83. The maximum Gasteiger partial charge on any atom is 0.279 e. The van der Waals surface area contributed by atoms with Gasteiger partial charge in [-0.1, -0.05) is 23.7 Å². The Hall–Kier alpha value is -1.98. The molecule has 1 atom stereocenters. The van der Waals surface area contributed by atoms with Gasteiger partial charge in [0.1, 0.15) is 12.4 Å². The number of anilines is 1. The van der Waals surface area contributed by atoms with Crippen LogP contribution in [0.5, 0.6) is 0 Å². The van der Waals surface area contributed by atoms with Crippen LogP contribution in [-0.4, -0.2) is 24.5 Å². The first kappa shape index (κ1) is 15.4. The van der Waals surface area contributed by atoms with Gasteiger partial charge in [0, 0.05) is 11.8 Å². The van der Waals surface area contributed by atoms with E-state index in [2.05, 4.69) is 10.3 Å². The molecule has 6 heteroatoms. The number of pyridine rings is 1. The van der Waals surface area contributed by atoms with Crippen LogP contribution in [0.1, 0.15) is 5.56 Å². The molecule has 1 aromatic carbocycles. The normalized spacial score (nSPS) is 12.0. The molecule has 1 heterocycles. The second-order valence-corrected chi connectivity index (χ2v) is 5.19. The first-order valence-electron chi connectivity index (χ1n) is 6.50. The van der Waals surface area contributed by atoms with E-state index >= 15 is 0 Å². The Bertz CT molecular complexity index is 619. The van der Waals surface area contributed by atoms with Crippen LogP contribution < -0.4 is 10.2 Å². The topological polar surface area (TPSA) is 46.4 Å². The monoisotopic (exact) mass is 308 g/mol. The van der Waals surface area contributed by atoms with E-state index in [9.17, 15) is 9.18 Å². The van der Waals surface area contributed by atoms with Gasteiger partial charge in [-0.15, -0.1) is 0 Å². The number of rotatable bonds is 5. The molecule has 21 heavy (non-hydrogen) atoms. The fourth-order valence-corrected chi connectivity index (χ4v) is 2.13. The summed E-state index contributed by atoms with van der Waals surface area (Å²) in [5, 5.41) is 2.99. The number of carbonyl (C=O) groups is 1. The summed E-state index contributed by atoms with van der Waals surface area (Å²) in [7, 11) is 1.90. The lowest BCUT2D eigenvalue weighted by Crippen LogP contribution is -3.08. The molecule has 1 amide bonds. The van der Waals surface area contributed by atoms with Crippen molar-refractivity contribution < 1.29 is 14.1 Å². The Kier molecular flexibility index (Phi) is 5.25. The number of carbonyl (C=O) groups excluding carboxylic acids is 1. The zero-order valence-electron chi connectivity index (χ0n) is 11.6. The summed E-state index contributed by atoms with van der Waals surface area (Å²) in [4.78, 5) is 16.8. The molecule has 0 aliphatic heterocycles. The van der Waals surface area contributed by atoms with Gasteiger partial charge in [-0.2, -0.15) is 0 Å². The van der Waals surface area contributed by atoms with Gasteiger partial charge in [-0.25, -0.2) is 9.37 Å². The molecule has 1 unspecified atom stereocenters. The summed E-state index contributed by atoms with van der Waals surface area (Å²) in [5.74, 6) is -0.412. The molecule has 0 spiro atoms. The number of nitrogens with one attached hydrogen (secondary N) is 2. The Morgan fingerprint density at radius 2 is 2.05 bits per heavy atom. The van der Waals surface area contributed by atoms with Crippen LogP contribution in [0.3, 0.4) is 0 Å². The summed E-state index contributed by atoms with van der Waals surface area (Å²) in [6, 6.07) is 9.67. The van der Waals surface area contributed by atoms with Gasteiger partial charge in [0.05, 0.1) is 12.7 Å². The van der Waals surface area contributed by atoms with E-state index in [-0.39, 0.29) is 23.4 Å². The molecular formula is C15H16ClFN3O+. The van der Waals surface area contributed by atoms with E-state index in [0.29, 0.717) is 12.2 Å². The molecule has 1 aromatic heterocycles. The molecule has 2 aromatic rings. The summed E-state index contributed by atoms with van der Waals surface area (Å²) in [6.45, 7) is 0.914. The molecule has 0 aliphatic rings. The molecule has 0 fully saturated rings. The lowest BCUT2D eigenvalue weighted by Gasteiger charge is -2.14. The Morgan fingerprint density at radius 1 is 1.33 bits per heavy atom. The number of amides is 1. The van der Waals surface area contributed by atoms with Gasteiger partial charge in [0.2, 0.25) is 0 Å². The third-order valence-electron chi connectivity index (χ3n) is 2.91. The molecule has 0 aliphatic carbocycles. The number of quaternary nitrogens is 1. The third kappa shape index (κ3) is 4.81. The van der Waals surface area contributed by atoms with Crippen molar-refractivity contribution in [3.63, 3.8) is 0 Å². The van der Waals surface area contributed by atoms with Gasteiger partial charge in [-0.05, 0) is 24.3 Å². The maximum absolute atomic E-state index is 12.8. The lowest BCUT2D eigenvalue weighted by molar-refractivity contribution is -0.885. The molecule has 110 valence electrons. The first-order chi connectivity index (χ1) is 10.0. The van der Waals surface area contributed by atoms with Crippen molar-refractivity contribution in [1.82, 2.24) is 4.98 Å². The zero-order valence-corrected chi connectivity index (χ0v) is 12.3. The standard InChI is InChI=1S/C15H15ClFN3O/c1-20(9-11-4-6-12(17)7-5-11)10-14(21)19-13-3-2-8-18-15(13)16/h2-8H,9-10H2,1H3,(H,19,21)/p+1. The SMILES string of the molecule is C[NH+](CC(=O)Nc1cccnc1Cl)Cc1ccc(F)cc1. The van der Waals surface area contributed by atoms with Crippen molar-refractivity contribution in [2.75, 3.05) is 18.9 Å². The molecule has 4 nitrogen and oxygen atoms in total. The minimum Gasteiger partial charge on any atom is -0.326 e. The first-order valence-corrected chi connectivity index (χ1v) is 6.88. The van der Waals surface area contributed by atoms with Crippen LogP contribution in [0.15, 0.2) is 42.6 Å². The van der Waals surface area contributed by atoms with Crippen molar-refractivity contribution in [1.29, 1.82) is 0 Å². The maximum atomic E-state index is 12.8. The number of nitrogens with zero attached hydrogens (tertiary/aromatic N) is 1. The van der Waals surface area contributed by atoms with Gasteiger partial charge in [-0.3, -0.25) is 4.79 Å². The minimum absolute atomic E-state index is 0.149. The Morgan fingerprint density at radius 3 is 2.71 bits per heavy atom. The van der Waals surface area contributed by atoms with E-state index in [0.717, 1.165) is 10.5 Å². The second kappa shape index (κ2) is 7.15. The summed E-state index contributed by atoms with van der Waals surface area (Å²) < 4.78 is 12.8. The van der Waals surface area contributed by atoms with E-state index < -0.39 is 0 Å². The molecule has 0 saturated heterocycles. The lowest BCUT2D eigenvalue weighted by atomic mass is 10.2. The van der Waals surface area contributed by atoms with Crippen LogP contribution in [0.4, 0.5) is 10.1 Å². The number of aromatic nitrogens is 1. The highest BCUT2D eigenvalue weighted by Crippen LogP contribution is 2.16. The molecule has 0 radical (unpaired) electrons. The van der Waals surface area contributed by atoms with Crippen LogP contribution in [0.2, 0.25) is 5.15 Å². The molecule has 2 N–H and O–H groups in total. The molecule has 0 saturated carbocycles. The molecular weight excluding hydrogens is 293 g/mol. The minimum atomic E-state index is -0.264. The fourth-order valence-electron chi connectivity index (χ4n) is 1.96. The summed E-state index contributed by atoms with van der Waals surface area (Å²) >= 11 is 5.88. The summed E-state index contributed by atoms with van der Waals surface area (Å²) in [6.07, 6.45) is 1.56. The average Bonchev–Trinajstić information content (AvgIpc) is 2.44. The smallest absolute Gasteiger partial charge is 0.279 e. The van der Waals surface area contributed by atoms with Gasteiger partial charge < -0.3 is 10.2 Å².